The third-order valence-electron chi connectivity index (χ3n) is 2.15. The Morgan fingerprint density at radius 3 is 2.50 bits per heavy atom. The fraction of sp³-hybridized carbons (Fsp3) is 0.800. The maximum Gasteiger partial charge on any atom is 0.130 e. The molecule has 0 amide bonds. The van der Waals surface area contributed by atoms with Gasteiger partial charge in [0.25, 0.3) is 0 Å². The summed E-state index contributed by atoms with van der Waals surface area (Å²) in [5.74, 6) is 0. The van der Waals surface area contributed by atoms with E-state index in [4.69, 9.17) is 0 Å². The lowest BCUT2D eigenvalue weighted by Crippen LogP contribution is -2.18. The Hall–Kier alpha value is -0.120. The minimum absolute atomic E-state index is 0.0709. The van der Waals surface area contributed by atoms with Crippen LogP contribution < -0.4 is 5.09 Å². The highest BCUT2D eigenvalue weighted by molar-refractivity contribution is 8.51. The lowest BCUT2D eigenvalue weighted by molar-refractivity contribution is 0.565. The summed E-state index contributed by atoms with van der Waals surface area (Å²) < 4.78 is 1.89. The van der Waals surface area contributed by atoms with Crippen LogP contribution in [0.4, 0.5) is 0 Å². The van der Waals surface area contributed by atoms with Gasteiger partial charge in [-0.05, 0) is 0 Å². The van der Waals surface area contributed by atoms with Crippen molar-refractivity contribution in [3.8, 4) is 0 Å². The van der Waals surface area contributed by atoms with Gasteiger partial charge < -0.3 is 0 Å². The minimum atomic E-state index is -1.20. The lowest BCUT2D eigenvalue weighted by atomic mass is 9.93. The summed E-state index contributed by atoms with van der Waals surface area (Å²) in [5, 5.41) is 11.7. The summed E-state index contributed by atoms with van der Waals surface area (Å²) in [7, 11) is 0. The smallest absolute Gasteiger partial charge is 0.130 e. The molecule has 1 N–H and O–H groups in total. The first kappa shape index (κ1) is 13.9. The van der Waals surface area contributed by atoms with Gasteiger partial charge in [-0.25, -0.2) is 0 Å². The van der Waals surface area contributed by atoms with Crippen LogP contribution in [0, 0.1) is 0 Å². The molecule has 0 aliphatic heterocycles. The lowest BCUT2D eigenvalue weighted by Gasteiger charge is -2.13. The number of thiol groups is 1. The molecule has 0 aliphatic rings. The maximum absolute atomic E-state index is 4.51. The standard InChI is InChI=1S/C10H22N4PS/c1-10(2,3)9-8-14(13-12-9)7-6-11-15(4,5)16/h8,11,16H,6-7H2,1-5H3/q+1. The van der Waals surface area contributed by atoms with Crippen LogP contribution in [0.3, 0.4) is 0 Å². The number of rotatable bonds is 4. The number of hydrogen-bond donors (Lipinski definition) is 2. The Labute approximate surface area is 104 Å². The van der Waals surface area contributed by atoms with Gasteiger partial charge in [-0.1, -0.05) is 26.0 Å². The Morgan fingerprint density at radius 1 is 1.44 bits per heavy atom. The van der Waals surface area contributed by atoms with Crippen LogP contribution in [-0.4, -0.2) is 34.9 Å². The second-order valence-electron chi connectivity index (χ2n) is 5.42. The molecular weight excluding hydrogens is 239 g/mol. The molecular formula is C10H22N4PS+. The van der Waals surface area contributed by atoms with Crippen molar-refractivity contribution in [1.29, 1.82) is 0 Å². The second kappa shape index (κ2) is 5.03. The molecule has 0 aromatic carbocycles. The van der Waals surface area contributed by atoms with Gasteiger partial charge in [-0.3, -0.25) is 4.68 Å². The first-order valence-electron chi connectivity index (χ1n) is 5.41. The van der Waals surface area contributed by atoms with Gasteiger partial charge in [0, 0.05) is 23.9 Å². The van der Waals surface area contributed by atoms with E-state index in [0.29, 0.717) is 0 Å². The molecule has 1 heterocycles. The molecule has 0 saturated carbocycles. The van der Waals surface area contributed by atoms with Crippen LogP contribution in [0.25, 0.3) is 0 Å². The van der Waals surface area contributed by atoms with E-state index in [1.54, 1.807) is 0 Å². The highest BCUT2D eigenvalue weighted by Gasteiger charge is 2.19. The van der Waals surface area contributed by atoms with Gasteiger partial charge in [-0.15, -0.1) is 5.10 Å². The molecule has 1 aromatic rings. The molecule has 0 radical (unpaired) electrons. The van der Waals surface area contributed by atoms with Gasteiger partial charge in [0.05, 0.1) is 32.1 Å². The van der Waals surface area contributed by atoms with Gasteiger partial charge in [-0.2, -0.15) is 5.09 Å². The zero-order valence-corrected chi connectivity index (χ0v) is 12.5. The highest BCUT2D eigenvalue weighted by Crippen LogP contribution is 2.50. The van der Waals surface area contributed by atoms with E-state index in [-0.39, 0.29) is 5.41 Å². The van der Waals surface area contributed by atoms with E-state index >= 15 is 0 Å². The van der Waals surface area contributed by atoms with Gasteiger partial charge in [0.1, 0.15) is 6.62 Å². The molecule has 0 fully saturated rings. The van der Waals surface area contributed by atoms with E-state index in [9.17, 15) is 0 Å². The van der Waals surface area contributed by atoms with Crippen LogP contribution in [0.15, 0.2) is 6.20 Å². The first-order chi connectivity index (χ1) is 7.18. The van der Waals surface area contributed by atoms with E-state index in [2.05, 4.69) is 61.7 Å². The van der Waals surface area contributed by atoms with Crippen LogP contribution in [0.5, 0.6) is 0 Å². The maximum atomic E-state index is 4.51. The molecule has 1 rings (SSSR count). The summed E-state index contributed by atoms with van der Waals surface area (Å²) in [6.07, 6.45) is 2.02. The number of nitrogens with zero attached hydrogens (tertiary/aromatic N) is 3. The molecule has 6 heteroatoms. The molecule has 1 aromatic heterocycles. The quantitative estimate of drug-likeness (QED) is 0.645. The predicted molar refractivity (Wildman–Crippen MR) is 74.5 cm³/mol. The summed E-state index contributed by atoms with van der Waals surface area (Å²) in [6.45, 7) is 11.2. The summed E-state index contributed by atoms with van der Waals surface area (Å²) >= 11 is 4.51. The van der Waals surface area contributed by atoms with Crippen molar-refractivity contribution < 1.29 is 0 Å². The monoisotopic (exact) mass is 261 g/mol. The van der Waals surface area contributed by atoms with Crippen LogP contribution in [-0.2, 0) is 12.0 Å². The molecule has 0 aliphatic carbocycles. The normalized spacial score (nSPS) is 13.1. The highest BCUT2D eigenvalue weighted by atomic mass is 32.7. The Kier molecular flexibility index (Phi) is 4.38. The molecule has 92 valence electrons. The van der Waals surface area contributed by atoms with Crippen molar-refractivity contribution in [3.05, 3.63) is 11.9 Å². The molecule has 0 bridgehead atoms. The van der Waals surface area contributed by atoms with E-state index < -0.39 is 6.62 Å². The number of hydrogen-bond acceptors (Lipinski definition) is 4. The van der Waals surface area contributed by atoms with E-state index in [0.717, 1.165) is 18.8 Å². The topological polar surface area (TPSA) is 42.7 Å². The van der Waals surface area contributed by atoms with Crippen LogP contribution >= 0.6 is 18.9 Å². The third-order valence-corrected chi connectivity index (χ3v) is 3.57. The van der Waals surface area contributed by atoms with Crippen LogP contribution in [0.1, 0.15) is 26.5 Å². The molecule has 0 saturated heterocycles. The number of aromatic nitrogens is 3. The fourth-order valence-corrected chi connectivity index (χ4v) is 2.14. The molecule has 0 spiro atoms. The average Bonchev–Trinajstić information content (AvgIpc) is 2.49. The second-order valence-corrected chi connectivity index (χ2v) is 11.5. The van der Waals surface area contributed by atoms with Crippen molar-refractivity contribution in [3.63, 3.8) is 0 Å². The molecule has 0 atom stereocenters. The summed E-state index contributed by atoms with van der Waals surface area (Å²) in [6, 6.07) is 0. The molecule has 4 nitrogen and oxygen atoms in total. The van der Waals surface area contributed by atoms with Gasteiger partial charge >= 0.3 is 0 Å². The van der Waals surface area contributed by atoms with Gasteiger partial charge in [0.2, 0.25) is 0 Å². The van der Waals surface area contributed by atoms with Crippen molar-refractivity contribution in [1.82, 2.24) is 20.1 Å². The summed E-state index contributed by atoms with van der Waals surface area (Å²) in [5.41, 5.74) is 1.11. The van der Waals surface area contributed by atoms with E-state index in [1.807, 2.05) is 10.9 Å². The van der Waals surface area contributed by atoms with Crippen molar-refractivity contribution in [2.24, 2.45) is 0 Å². The van der Waals surface area contributed by atoms with Gasteiger partial charge in [0.15, 0.2) is 0 Å². The summed E-state index contributed by atoms with van der Waals surface area (Å²) in [4.78, 5) is 0. The fourth-order valence-electron chi connectivity index (χ4n) is 1.19. The van der Waals surface area contributed by atoms with Crippen LogP contribution in [0.2, 0.25) is 0 Å². The van der Waals surface area contributed by atoms with Crippen molar-refractivity contribution in [2.75, 3.05) is 19.9 Å². The number of nitrogens with one attached hydrogen (secondary N) is 1. The Balaban J connectivity index is 2.48. The van der Waals surface area contributed by atoms with Crippen molar-refractivity contribution >= 4 is 18.9 Å². The van der Waals surface area contributed by atoms with E-state index in [1.165, 1.54) is 0 Å². The average molecular weight is 261 g/mol. The minimum Gasteiger partial charge on any atom is -0.251 e. The molecule has 0 unspecified atom stereocenters. The third kappa shape index (κ3) is 4.81. The predicted octanol–water partition coefficient (Wildman–Crippen LogP) is 2.20. The first-order valence-corrected chi connectivity index (χ1v) is 9.24. The zero-order chi connectivity index (χ0) is 12.4. The zero-order valence-electron chi connectivity index (χ0n) is 10.7. The SMILES string of the molecule is CC(C)(C)c1cn(CCN[P+](C)(C)S)nn1. The Morgan fingerprint density at radius 2 is 2.06 bits per heavy atom. The Bertz CT molecular complexity index is 337. The molecule has 16 heavy (non-hydrogen) atoms. The van der Waals surface area contributed by atoms with Crippen molar-refractivity contribution in [2.45, 2.75) is 32.7 Å². The largest absolute Gasteiger partial charge is 0.251 e.